The smallest absolute Gasteiger partial charge is 0.360 e. The minimum Gasteiger partial charge on any atom is -0.503 e. The lowest BCUT2D eigenvalue weighted by atomic mass is 10.00. The van der Waals surface area contributed by atoms with Crippen molar-refractivity contribution < 1.29 is 28.2 Å². The fraction of sp³-hybridized carbons (Fsp3) is 0.286. The summed E-state index contributed by atoms with van der Waals surface area (Å²) in [6.45, 7) is 0.582. The van der Waals surface area contributed by atoms with E-state index in [1.165, 1.54) is 19.1 Å². The Morgan fingerprint density at radius 1 is 1.35 bits per heavy atom. The number of alkyl halides is 2. The molecule has 2 heterocycles. The van der Waals surface area contributed by atoms with Crippen molar-refractivity contribution in [3.05, 3.63) is 35.8 Å². The van der Waals surface area contributed by atoms with E-state index >= 15 is 0 Å². The monoisotopic (exact) mass is 327 g/mol. The van der Waals surface area contributed by atoms with E-state index in [2.05, 4.69) is 5.10 Å². The van der Waals surface area contributed by atoms with Crippen molar-refractivity contribution in [2.45, 2.75) is 18.9 Å². The van der Waals surface area contributed by atoms with Crippen LogP contribution in [0.5, 0.6) is 5.75 Å². The number of carbonyl (C=O) groups is 1. The number of aromatic carboxylic acids is 1. The zero-order valence-corrected chi connectivity index (χ0v) is 11.9. The number of aromatic hydroxyl groups is 1. The Balaban J connectivity index is 2.13. The lowest BCUT2D eigenvalue weighted by Crippen LogP contribution is -2.64. The first-order valence-corrected chi connectivity index (χ1v) is 6.68. The lowest BCUT2D eigenvalue weighted by molar-refractivity contribution is -0.0647. The number of rotatable bonds is 3. The topological polar surface area (TPSA) is 78.6 Å². The van der Waals surface area contributed by atoms with Gasteiger partial charge in [-0.05, 0) is 31.2 Å². The number of nitrogens with zero attached hydrogens (tertiary/aromatic N) is 3. The van der Waals surface area contributed by atoms with E-state index in [1.54, 1.807) is 0 Å². The second-order valence-electron chi connectivity index (χ2n) is 5.28. The maximum atomic E-state index is 13.4. The average molecular weight is 327 g/mol. The average Bonchev–Trinajstić information content (AvgIpc) is 2.83. The number of benzene rings is 1. The maximum Gasteiger partial charge on any atom is 0.360 e. The van der Waals surface area contributed by atoms with Crippen LogP contribution in [0.4, 0.5) is 19.0 Å². The van der Waals surface area contributed by atoms with E-state index in [0.29, 0.717) is 0 Å². The molecular weight excluding hydrogens is 315 g/mol. The number of hydrogen-bond donors (Lipinski definition) is 2. The van der Waals surface area contributed by atoms with Crippen LogP contribution in [0.1, 0.15) is 17.4 Å². The largest absolute Gasteiger partial charge is 0.503 e. The molecule has 2 aromatic rings. The van der Waals surface area contributed by atoms with Crippen molar-refractivity contribution in [1.82, 2.24) is 9.78 Å². The minimum atomic E-state index is -2.95. The van der Waals surface area contributed by atoms with E-state index in [9.17, 15) is 23.1 Å². The Morgan fingerprint density at radius 2 is 1.96 bits per heavy atom. The second kappa shape index (κ2) is 4.90. The number of carboxylic acid groups (broad SMARTS) is 1. The molecule has 0 saturated carbocycles. The van der Waals surface area contributed by atoms with Gasteiger partial charge in [-0.2, -0.15) is 5.10 Å². The highest BCUT2D eigenvalue weighted by Gasteiger charge is 2.54. The van der Waals surface area contributed by atoms with Gasteiger partial charge < -0.3 is 15.1 Å². The van der Waals surface area contributed by atoms with Gasteiger partial charge in [0.1, 0.15) is 5.82 Å². The van der Waals surface area contributed by atoms with Crippen molar-refractivity contribution in [2.75, 3.05) is 11.4 Å². The standard InChI is InChI=1S/C14H12F3N3O3/c1-7-14(16,17)6-19(7)12-11(21)10(13(22)23)18-20(12)9-4-2-8(15)3-5-9/h2-5,7,21H,6H2,1H3,(H,22,23)/t7-/m1/s1. The molecule has 1 aromatic carbocycles. The number of hydrogen-bond acceptors (Lipinski definition) is 4. The highest BCUT2D eigenvalue weighted by molar-refractivity contribution is 5.91. The molecule has 0 radical (unpaired) electrons. The maximum absolute atomic E-state index is 13.4. The summed E-state index contributed by atoms with van der Waals surface area (Å²) in [6, 6.07) is 3.61. The molecule has 0 unspecified atom stereocenters. The number of anilines is 1. The molecule has 122 valence electrons. The highest BCUT2D eigenvalue weighted by atomic mass is 19.3. The van der Waals surface area contributed by atoms with E-state index in [0.717, 1.165) is 21.7 Å². The SMILES string of the molecule is C[C@H]1N(c2c(O)c(C(=O)O)nn2-c2ccc(F)cc2)CC1(F)F. The molecule has 1 fully saturated rings. The van der Waals surface area contributed by atoms with Crippen LogP contribution in [0, 0.1) is 5.82 Å². The molecule has 0 amide bonds. The number of aromatic nitrogens is 2. The summed E-state index contributed by atoms with van der Waals surface area (Å²) in [5, 5.41) is 22.9. The molecule has 2 N–H and O–H groups in total. The molecule has 6 nitrogen and oxygen atoms in total. The van der Waals surface area contributed by atoms with Crippen LogP contribution < -0.4 is 4.90 Å². The Morgan fingerprint density at radius 3 is 2.43 bits per heavy atom. The summed E-state index contributed by atoms with van der Waals surface area (Å²) < 4.78 is 40.9. The summed E-state index contributed by atoms with van der Waals surface area (Å²) in [7, 11) is 0. The highest BCUT2D eigenvalue weighted by Crippen LogP contribution is 2.43. The van der Waals surface area contributed by atoms with Gasteiger partial charge in [0.15, 0.2) is 11.6 Å². The van der Waals surface area contributed by atoms with Gasteiger partial charge in [0.25, 0.3) is 5.92 Å². The molecule has 3 rings (SSSR count). The van der Waals surface area contributed by atoms with Crippen molar-refractivity contribution in [2.24, 2.45) is 0 Å². The fourth-order valence-electron chi connectivity index (χ4n) is 2.44. The van der Waals surface area contributed by atoms with Crippen LogP contribution in [-0.2, 0) is 0 Å². The van der Waals surface area contributed by atoms with Crippen LogP contribution >= 0.6 is 0 Å². The molecule has 1 aliphatic rings. The summed E-state index contributed by atoms with van der Waals surface area (Å²) in [5.41, 5.74) is -0.418. The molecule has 0 aliphatic carbocycles. The van der Waals surface area contributed by atoms with Crippen molar-refractivity contribution in [3.8, 4) is 11.4 Å². The van der Waals surface area contributed by atoms with Crippen LogP contribution in [0.15, 0.2) is 24.3 Å². The van der Waals surface area contributed by atoms with E-state index in [-0.39, 0.29) is 11.5 Å². The van der Waals surface area contributed by atoms with Gasteiger partial charge in [0.2, 0.25) is 5.69 Å². The zero-order valence-electron chi connectivity index (χ0n) is 11.9. The Labute approximate surface area is 128 Å². The van der Waals surface area contributed by atoms with Crippen molar-refractivity contribution in [1.29, 1.82) is 0 Å². The first-order chi connectivity index (χ1) is 10.7. The van der Waals surface area contributed by atoms with Crippen LogP contribution in [0.25, 0.3) is 5.69 Å². The number of halogens is 3. The van der Waals surface area contributed by atoms with Gasteiger partial charge in [-0.3, -0.25) is 0 Å². The minimum absolute atomic E-state index is 0.160. The third-order valence-electron chi connectivity index (χ3n) is 3.84. The predicted molar refractivity (Wildman–Crippen MR) is 73.9 cm³/mol. The molecule has 1 aromatic heterocycles. The summed E-state index contributed by atoms with van der Waals surface area (Å²) in [6.07, 6.45) is 0. The predicted octanol–water partition coefficient (Wildman–Crippen LogP) is 2.26. The van der Waals surface area contributed by atoms with Crippen LogP contribution in [0.2, 0.25) is 0 Å². The van der Waals surface area contributed by atoms with Gasteiger partial charge in [0, 0.05) is 0 Å². The molecule has 0 spiro atoms. The third-order valence-corrected chi connectivity index (χ3v) is 3.84. The van der Waals surface area contributed by atoms with Gasteiger partial charge >= 0.3 is 5.97 Å². The van der Waals surface area contributed by atoms with Crippen LogP contribution in [-0.4, -0.2) is 44.5 Å². The van der Waals surface area contributed by atoms with E-state index in [4.69, 9.17) is 5.11 Å². The lowest BCUT2D eigenvalue weighted by Gasteiger charge is -2.46. The Hall–Kier alpha value is -2.71. The molecule has 9 heteroatoms. The third kappa shape index (κ3) is 2.28. The zero-order chi connectivity index (χ0) is 16.9. The Bertz CT molecular complexity index is 774. The van der Waals surface area contributed by atoms with Gasteiger partial charge in [-0.15, -0.1) is 0 Å². The molecule has 1 atom stereocenters. The summed E-state index contributed by atoms with van der Waals surface area (Å²) in [4.78, 5) is 12.3. The van der Waals surface area contributed by atoms with Crippen LogP contribution in [0.3, 0.4) is 0 Å². The second-order valence-corrected chi connectivity index (χ2v) is 5.28. The normalized spacial score (nSPS) is 19.5. The van der Waals surface area contributed by atoms with Gasteiger partial charge in [0.05, 0.1) is 18.3 Å². The van der Waals surface area contributed by atoms with E-state index < -0.39 is 41.7 Å². The molecule has 1 aliphatic heterocycles. The molecule has 1 saturated heterocycles. The first-order valence-electron chi connectivity index (χ1n) is 6.68. The first kappa shape index (κ1) is 15.2. The summed E-state index contributed by atoms with van der Waals surface area (Å²) >= 11 is 0. The van der Waals surface area contributed by atoms with Crippen molar-refractivity contribution in [3.63, 3.8) is 0 Å². The van der Waals surface area contributed by atoms with Gasteiger partial charge in [-0.25, -0.2) is 22.6 Å². The Kier molecular flexibility index (Phi) is 3.24. The number of carboxylic acids is 1. The molecule has 23 heavy (non-hydrogen) atoms. The summed E-state index contributed by atoms with van der Waals surface area (Å²) in [5.74, 6) is -5.83. The van der Waals surface area contributed by atoms with Gasteiger partial charge in [-0.1, -0.05) is 0 Å². The quantitative estimate of drug-likeness (QED) is 0.904. The fourth-order valence-corrected chi connectivity index (χ4v) is 2.44. The van der Waals surface area contributed by atoms with E-state index in [1.807, 2.05) is 0 Å². The molecular formula is C14H12F3N3O3. The van der Waals surface area contributed by atoms with Crippen molar-refractivity contribution >= 4 is 11.8 Å². The molecule has 0 bridgehead atoms.